The Balaban J connectivity index is 2.12. The molecule has 1 saturated heterocycles. The molecule has 0 aromatic heterocycles. The van der Waals surface area contributed by atoms with Crippen LogP contribution in [0.2, 0.25) is 0 Å². The predicted molar refractivity (Wildman–Crippen MR) is 98.0 cm³/mol. The number of rotatable bonds is 5. The maximum absolute atomic E-state index is 12.9. The van der Waals surface area contributed by atoms with Crippen molar-refractivity contribution in [2.45, 2.75) is 66.3 Å². The standard InChI is InChI=1S/C20H30N2O2/c1-6-9-20(4,5)19(24)22-10-7-8-17(22)18(23)21-16-12-14(2)11-15(3)13-16/h11-13,17H,6-10H2,1-5H3,(H,21,23)/t17-/m0/s1. The highest BCUT2D eigenvalue weighted by molar-refractivity contribution is 5.98. The summed E-state index contributed by atoms with van der Waals surface area (Å²) in [6.07, 6.45) is 3.43. The molecule has 1 fully saturated rings. The molecule has 0 spiro atoms. The zero-order chi connectivity index (χ0) is 17.9. The van der Waals surface area contributed by atoms with Gasteiger partial charge in [-0.25, -0.2) is 0 Å². The van der Waals surface area contributed by atoms with E-state index in [0.29, 0.717) is 6.54 Å². The minimum Gasteiger partial charge on any atom is -0.330 e. The second kappa shape index (κ2) is 7.37. The SMILES string of the molecule is CCCC(C)(C)C(=O)N1CCC[C@H]1C(=O)Nc1cc(C)cc(C)c1. The van der Waals surface area contributed by atoms with Crippen LogP contribution in [0.1, 0.15) is 57.6 Å². The fourth-order valence-electron chi connectivity index (χ4n) is 3.68. The van der Waals surface area contributed by atoms with Crippen LogP contribution in [-0.4, -0.2) is 29.3 Å². The third-order valence-corrected chi connectivity index (χ3v) is 4.76. The zero-order valence-electron chi connectivity index (χ0n) is 15.6. The first kappa shape index (κ1) is 18.5. The fourth-order valence-corrected chi connectivity index (χ4v) is 3.68. The molecule has 1 aromatic rings. The molecule has 1 atom stereocenters. The first-order chi connectivity index (χ1) is 11.2. The summed E-state index contributed by atoms with van der Waals surface area (Å²) in [5.41, 5.74) is 2.64. The van der Waals surface area contributed by atoms with Crippen LogP contribution in [0.4, 0.5) is 5.69 Å². The predicted octanol–water partition coefficient (Wildman–Crippen LogP) is 4.06. The number of aryl methyl sites for hydroxylation is 2. The average molecular weight is 330 g/mol. The van der Waals surface area contributed by atoms with Crippen molar-refractivity contribution in [1.82, 2.24) is 4.90 Å². The van der Waals surface area contributed by atoms with E-state index in [1.165, 1.54) is 0 Å². The van der Waals surface area contributed by atoms with E-state index in [2.05, 4.69) is 18.3 Å². The van der Waals surface area contributed by atoms with Crippen molar-refractivity contribution in [3.05, 3.63) is 29.3 Å². The number of nitrogens with zero attached hydrogens (tertiary/aromatic N) is 1. The highest BCUT2D eigenvalue weighted by Gasteiger charge is 2.40. The lowest BCUT2D eigenvalue weighted by Crippen LogP contribution is -2.48. The Hall–Kier alpha value is -1.84. The van der Waals surface area contributed by atoms with Crippen LogP contribution in [0, 0.1) is 19.3 Å². The summed E-state index contributed by atoms with van der Waals surface area (Å²) in [7, 11) is 0. The van der Waals surface area contributed by atoms with Gasteiger partial charge in [0.2, 0.25) is 11.8 Å². The number of carbonyl (C=O) groups excluding carboxylic acids is 2. The van der Waals surface area contributed by atoms with Gasteiger partial charge in [0.05, 0.1) is 0 Å². The second-order valence-corrected chi connectivity index (χ2v) is 7.66. The van der Waals surface area contributed by atoms with Gasteiger partial charge in [-0.15, -0.1) is 0 Å². The van der Waals surface area contributed by atoms with Gasteiger partial charge in [-0.1, -0.05) is 33.3 Å². The van der Waals surface area contributed by atoms with E-state index < -0.39 is 5.41 Å². The van der Waals surface area contributed by atoms with Crippen LogP contribution in [0.5, 0.6) is 0 Å². The van der Waals surface area contributed by atoms with E-state index in [1.807, 2.05) is 39.8 Å². The highest BCUT2D eigenvalue weighted by Crippen LogP contribution is 2.30. The third-order valence-electron chi connectivity index (χ3n) is 4.76. The van der Waals surface area contributed by atoms with Crippen molar-refractivity contribution in [2.75, 3.05) is 11.9 Å². The minimum absolute atomic E-state index is 0.0712. The molecule has 132 valence electrons. The fraction of sp³-hybridized carbons (Fsp3) is 0.600. The van der Waals surface area contributed by atoms with Crippen LogP contribution in [0.3, 0.4) is 0 Å². The molecular formula is C20H30N2O2. The lowest BCUT2D eigenvalue weighted by molar-refractivity contribution is -0.144. The van der Waals surface area contributed by atoms with Crippen LogP contribution in [-0.2, 0) is 9.59 Å². The Bertz CT molecular complexity index is 602. The molecule has 1 N–H and O–H groups in total. The van der Waals surface area contributed by atoms with Crippen LogP contribution in [0.15, 0.2) is 18.2 Å². The molecule has 2 amide bonds. The van der Waals surface area contributed by atoms with Crippen LogP contribution < -0.4 is 5.32 Å². The Morgan fingerprint density at radius 2 is 1.83 bits per heavy atom. The smallest absolute Gasteiger partial charge is 0.247 e. The van der Waals surface area contributed by atoms with E-state index in [1.54, 1.807) is 4.90 Å². The lowest BCUT2D eigenvalue weighted by Gasteiger charge is -2.32. The molecule has 1 aliphatic heterocycles. The number of nitrogens with one attached hydrogen (secondary N) is 1. The molecule has 0 unspecified atom stereocenters. The van der Waals surface area contributed by atoms with E-state index in [4.69, 9.17) is 0 Å². The van der Waals surface area contributed by atoms with Gasteiger partial charge < -0.3 is 10.2 Å². The molecule has 0 aliphatic carbocycles. The Morgan fingerprint density at radius 1 is 1.21 bits per heavy atom. The summed E-state index contributed by atoms with van der Waals surface area (Å²) >= 11 is 0. The summed E-state index contributed by atoms with van der Waals surface area (Å²) in [4.78, 5) is 27.4. The molecule has 1 aliphatic rings. The van der Waals surface area contributed by atoms with Gasteiger partial charge in [0.25, 0.3) is 0 Å². The normalized spacial score (nSPS) is 17.9. The highest BCUT2D eigenvalue weighted by atomic mass is 16.2. The van der Waals surface area contributed by atoms with E-state index in [-0.39, 0.29) is 17.9 Å². The molecule has 0 bridgehead atoms. The van der Waals surface area contributed by atoms with Crippen molar-refractivity contribution >= 4 is 17.5 Å². The van der Waals surface area contributed by atoms with Crippen molar-refractivity contribution < 1.29 is 9.59 Å². The largest absolute Gasteiger partial charge is 0.330 e. The van der Waals surface area contributed by atoms with Crippen molar-refractivity contribution in [3.8, 4) is 0 Å². The Kier molecular flexibility index (Phi) is 5.68. The third kappa shape index (κ3) is 4.16. The van der Waals surface area contributed by atoms with E-state index in [0.717, 1.165) is 42.5 Å². The van der Waals surface area contributed by atoms with Crippen molar-refractivity contribution in [3.63, 3.8) is 0 Å². The maximum atomic E-state index is 12.9. The summed E-state index contributed by atoms with van der Waals surface area (Å²) in [5, 5.41) is 3.00. The number of likely N-dealkylation sites (tertiary alicyclic amines) is 1. The number of hydrogen-bond acceptors (Lipinski definition) is 2. The summed E-state index contributed by atoms with van der Waals surface area (Å²) < 4.78 is 0. The van der Waals surface area contributed by atoms with Gasteiger partial charge >= 0.3 is 0 Å². The lowest BCUT2D eigenvalue weighted by atomic mass is 9.86. The van der Waals surface area contributed by atoms with Gasteiger partial charge in [0.15, 0.2) is 0 Å². The van der Waals surface area contributed by atoms with Gasteiger partial charge in [-0.3, -0.25) is 9.59 Å². The molecule has 1 heterocycles. The molecule has 0 saturated carbocycles. The summed E-state index contributed by atoms with van der Waals surface area (Å²) in [6.45, 7) is 10.8. The number of amides is 2. The summed E-state index contributed by atoms with van der Waals surface area (Å²) in [5.74, 6) is 0.0283. The quantitative estimate of drug-likeness (QED) is 0.885. The Morgan fingerprint density at radius 3 is 2.42 bits per heavy atom. The van der Waals surface area contributed by atoms with Crippen molar-refractivity contribution in [2.24, 2.45) is 5.41 Å². The number of carbonyl (C=O) groups is 2. The van der Waals surface area contributed by atoms with Gasteiger partial charge in [0.1, 0.15) is 6.04 Å². The van der Waals surface area contributed by atoms with Gasteiger partial charge in [0, 0.05) is 17.6 Å². The van der Waals surface area contributed by atoms with Gasteiger partial charge in [-0.05, 0) is 56.4 Å². The zero-order valence-corrected chi connectivity index (χ0v) is 15.6. The molecule has 1 aromatic carbocycles. The monoisotopic (exact) mass is 330 g/mol. The van der Waals surface area contributed by atoms with Crippen LogP contribution in [0.25, 0.3) is 0 Å². The molecule has 4 heteroatoms. The maximum Gasteiger partial charge on any atom is 0.247 e. The number of anilines is 1. The Labute approximate surface area is 145 Å². The van der Waals surface area contributed by atoms with Crippen LogP contribution >= 0.6 is 0 Å². The van der Waals surface area contributed by atoms with Crippen molar-refractivity contribution in [1.29, 1.82) is 0 Å². The van der Waals surface area contributed by atoms with E-state index >= 15 is 0 Å². The number of hydrogen-bond donors (Lipinski definition) is 1. The summed E-state index contributed by atoms with van der Waals surface area (Å²) in [6, 6.07) is 5.66. The second-order valence-electron chi connectivity index (χ2n) is 7.66. The molecule has 2 rings (SSSR count). The molecule has 4 nitrogen and oxygen atoms in total. The first-order valence-electron chi connectivity index (χ1n) is 8.95. The minimum atomic E-state index is -0.405. The van der Waals surface area contributed by atoms with E-state index in [9.17, 15) is 9.59 Å². The number of benzene rings is 1. The topological polar surface area (TPSA) is 49.4 Å². The molecular weight excluding hydrogens is 300 g/mol. The first-order valence-corrected chi connectivity index (χ1v) is 8.95. The molecule has 24 heavy (non-hydrogen) atoms. The van der Waals surface area contributed by atoms with Gasteiger partial charge in [-0.2, -0.15) is 0 Å². The average Bonchev–Trinajstić information content (AvgIpc) is 2.94. The molecule has 0 radical (unpaired) electrons.